The fourth-order valence-electron chi connectivity index (χ4n) is 8.73. The Balaban J connectivity index is 1.20. The Hall–Kier alpha value is -7.00. The molecule has 0 atom stereocenters. The lowest BCUT2D eigenvalue weighted by atomic mass is 9.67. The fourth-order valence-corrected chi connectivity index (χ4v) is 9.63. The van der Waals surface area contributed by atoms with E-state index in [1.807, 2.05) is 43.7 Å². The Morgan fingerprint density at radius 3 is 1.51 bits per heavy atom. The molecule has 1 aromatic heterocycles. The molecular formula is C54H40N3OP. The number of fused-ring (bicyclic) bond motifs is 3. The van der Waals surface area contributed by atoms with E-state index in [0.717, 1.165) is 55.4 Å². The fraction of sp³-hybridized carbons (Fsp3) is 0.0556. The van der Waals surface area contributed by atoms with Crippen LogP contribution in [0.1, 0.15) is 22.3 Å². The van der Waals surface area contributed by atoms with Gasteiger partial charge in [0.2, 0.25) is 0 Å². The summed E-state index contributed by atoms with van der Waals surface area (Å²) in [6.45, 7) is 3.62. The summed E-state index contributed by atoms with van der Waals surface area (Å²) in [4.78, 5) is 15.8. The first kappa shape index (κ1) is 36.3. The van der Waals surface area contributed by atoms with Crippen molar-refractivity contribution in [3.8, 4) is 67.5 Å². The monoisotopic (exact) mass is 777 g/mol. The van der Waals surface area contributed by atoms with E-state index in [4.69, 9.17) is 15.0 Å². The summed E-state index contributed by atoms with van der Waals surface area (Å²) in [5.41, 5.74) is 13.5. The largest absolute Gasteiger partial charge is 0.319 e. The molecule has 282 valence electrons. The maximum Gasteiger partial charge on any atom is 0.164 e. The van der Waals surface area contributed by atoms with Crippen LogP contribution in [0.3, 0.4) is 0 Å². The number of aromatic nitrogens is 3. The Bertz CT molecular complexity index is 2990. The van der Waals surface area contributed by atoms with Gasteiger partial charge in [-0.15, -0.1) is 0 Å². The molecule has 1 aliphatic carbocycles. The van der Waals surface area contributed by atoms with Crippen molar-refractivity contribution in [1.29, 1.82) is 0 Å². The van der Waals surface area contributed by atoms with Gasteiger partial charge < -0.3 is 4.57 Å². The Morgan fingerprint density at radius 1 is 0.373 bits per heavy atom. The van der Waals surface area contributed by atoms with Crippen molar-refractivity contribution in [1.82, 2.24) is 15.0 Å². The van der Waals surface area contributed by atoms with E-state index >= 15 is 0 Å². The highest BCUT2D eigenvalue weighted by Gasteiger charge is 2.47. The quantitative estimate of drug-likeness (QED) is 0.144. The van der Waals surface area contributed by atoms with Crippen LogP contribution in [0.5, 0.6) is 0 Å². The van der Waals surface area contributed by atoms with Gasteiger partial charge in [0, 0.05) is 22.0 Å². The molecule has 8 aromatic carbocycles. The van der Waals surface area contributed by atoms with Crippen molar-refractivity contribution in [2.75, 3.05) is 13.3 Å². The third-order valence-electron chi connectivity index (χ3n) is 11.5. The maximum atomic E-state index is 13.1. The third kappa shape index (κ3) is 6.43. The van der Waals surface area contributed by atoms with Crippen molar-refractivity contribution in [3.63, 3.8) is 0 Å². The number of rotatable bonds is 8. The van der Waals surface area contributed by atoms with Crippen molar-refractivity contribution >= 4 is 12.4 Å². The summed E-state index contributed by atoms with van der Waals surface area (Å²) in [6, 6.07) is 72.2. The predicted octanol–water partition coefficient (Wildman–Crippen LogP) is 12.8. The normalized spacial score (nSPS) is 12.8. The Labute approximate surface area is 345 Å². The van der Waals surface area contributed by atoms with Crippen molar-refractivity contribution in [2.24, 2.45) is 0 Å². The van der Waals surface area contributed by atoms with Gasteiger partial charge in [0.1, 0.15) is 7.14 Å². The second-order valence-electron chi connectivity index (χ2n) is 15.5. The molecule has 0 fully saturated rings. The van der Waals surface area contributed by atoms with Crippen molar-refractivity contribution in [3.05, 3.63) is 229 Å². The van der Waals surface area contributed by atoms with E-state index in [1.54, 1.807) is 0 Å². The highest BCUT2D eigenvalue weighted by atomic mass is 31.2. The summed E-state index contributed by atoms with van der Waals surface area (Å²) >= 11 is 0. The van der Waals surface area contributed by atoms with Crippen LogP contribution in [0.4, 0.5) is 0 Å². The van der Waals surface area contributed by atoms with Crippen LogP contribution in [0.2, 0.25) is 0 Å². The number of hydrogen-bond acceptors (Lipinski definition) is 4. The molecule has 0 spiro atoms. The molecular weight excluding hydrogens is 738 g/mol. The van der Waals surface area contributed by atoms with Crippen LogP contribution in [0, 0.1) is 0 Å². The lowest BCUT2D eigenvalue weighted by Gasteiger charge is -2.33. The van der Waals surface area contributed by atoms with E-state index in [-0.39, 0.29) is 0 Å². The van der Waals surface area contributed by atoms with E-state index in [0.29, 0.717) is 17.5 Å². The first-order valence-electron chi connectivity index (χ1n) is 19.9. The molecule has 5 heteroatoms. The molecule has 9 aromatic rings. The predicted molar refractivity (Wildman–Crippen MR) is 243 cm³/mol. The average molecular weight is 778 g/mol. The lowest BCUT2D eigenvalue weighted by Crippen LogP contribution is -2.28. The molecule has 0 radical (unpaired) electrons. The van der Waals surface area contributed by atoms with E-state index in [9.17, 15) is 4.57 Å². The summed E-state index contributed by atoms with van der Waals surface area (Å²) in [5, 5.41) is 0.851. The van der Waals surface area contributed by atoms with E-state index in [1.165, 1.54) is 22.3 Å². The zero-order chi connectivity index (χ0) is 40.0. The molecule has 0 N–H and O–H groups in total. The van der Waals surface area contributed by atoms with Gasteiger partial charge in [-0.2, -0.15) is 0 Å². The van der Waals surface area contributed by atoms with Gasteiger partial charge in [0.05, 0.1) is 5.41 Å². The maximum absolute atomic E-state index is 13.1. The van der Waals surface area contributed by atoms with Crippen LogP contribution in [-0.2, 0) is 9.98 Å². The smallest absolute Gasteiger partial charge is 0.164 e. The van der Waals surface area contributed by atoms with Crippen LogP contribution in [0.25, 0.3) is 67.5 Å². The molecule has 0 aliphatic heterocycles. The van der Waals surface area contributed by atoms with Gasteiger partial charge in [-0.3, -0.25) is 0 Å². The minimum Gasteiger partial charge on any atom is -0.319 e. The molecule has 0 amide bonds. The average Bonchev–Trinajstić information content (AvgIpc) is 3.61. The minimum atomic E-state index is -2.45. The zero-order valence-corrected chi connectivity index (χ0v) is 33.7. The number of benzene rings is 8. The molecule has 0 saturated carbocycles. The number of hydrogen-bond donors (Lipinski definition) is 0. The summed E-state index contributed by atoms with van der Waals surface area (Å²) < 4.78 is 13.1. The molecule has 0 bridgehead atoms. The molecule has 1 aliphatic rings. The highest BCUT2D eigenvalue weighted by Crippen LogP contribution is 2.58. The second kappa shape index (κ2) is 14.7. The number of nitrogens with zero attached hydrogens (tertiary/aromatic N) is 3. The van der Waals surface area contributed by atoms with E-state index < -0.39 is 12.6 Å². The highest BCUT2D eigenvalue weighted by molar-refractivity contribution is 7.70. The Morgan fingerprint density at radius 2 is 0.831 bits per heavy atom. The molecule has 0 saturated heterocycles. The van der Waals surface area contributed by atoms with Gasteiger partial charge in [-0.25, -0.2) is 15.0 Å². The van der Waals surface area contributed by atoms with Crippen LogP contribution >= 0.6 is 7.14 Å². The first-order valence-corrected chi connectivity index (χ1v) is 22.5. The minimum absolute atomic E-state index is 0.555. The second-order valence-corrected chi connectivity index (χ2v) is 18.7. The van der Waals surface area contributed by atoms with Crippen LogP contribution in [-0.4, -0.2) is 28.3 Å². The zero-order valence-electron chi connectivity index (χ0n) is 32.8. The van der Waals surface area contributed by atoms with Gasteiger partial charge in [0.25, 0.3) is 0 Å². The molecule has 10 rings (SSSR count). The topological polar surface area (TPSA) is 55.7 Å². The molecule has 59 heavy (non-hydrogen) atoms. The SMILES string of the molecule is CP(C)(=O)c1cccc(-c2cccc(-c3nc(-c4ccc(-c5ccccc5)cc4)nc(-c4cccc5c4-c4ccccc4C5(c4ccccc4)c4ccccc4)n3)c2)c1. The van der Waals surface area contributed by atoms with Crippen molar-refractivity contribution < 1.29 is 4.57 Å². The van der Waals surface area contributed by atoms with Crippen LogP contribution in [0.15, 0.2) is 206 Å². The third-order valence-corrected chi connectivity index (χ3v) is 13.1. The summed E-state index contributed by atoms with van der Waals surface area (Å²) in [6.07, 6.45) is 0. The first-order chi connectivity index (χ1) is 28.9. The molecule has 1 heterocycles. The Kier molecular flexibility index (Phi) is 9.08. The molecule has 0 unspecified atom stereocenters. The van der Waals surface area contributed by atoms with E-state index in [2.05, 4.69) is 176 Å². The summed E-state index contributed by atoms with van der Waals surface area (Å²) in [5.74, 6) is 1.77. The van der Waals surface area contributed by atoms with Gasteiger partial charge >= 0.3 is 0 Å². The van der Waals surface area contributed by atoms with Gasteiger partial charge in [0.15, 0.2) is 17.5 Å². The van der Waals surface area contributed by atoms with Gasteiger partial charge in [-0.05, 0) is 81.1 Å². The van der Waals surface area contributed by atoms with Crippen LogP contribution < -0.4 is 5.30 Å². The van der Waals surface area contributed by atoms with Gasteiger partial charge in [-0.1, -0.05) is 194 Å². The summed E-state index contributed by atoms with van der Waals surface area (Å²) in [7, 11) is -2.45. The van der Waals surface area contributed by atoms with Crippen molar-refractivity contribution in [2.45, 2.75) is 5.41 Å². The lowest BCUT2D eigenvalue weighted by molar-refractivity contribution is 0.588. The molecule has 4 nitrogen and oxygen atoms in total. The standard InChI is InChI=1S/C54H40N3OP/c1-59(2,58)45-26-15-20-41(36-45)40-19-14-21-42(35-40)52-55-51(39-33-31-38(32-34-39)37-17-6-3-7-18-37)56-53(57-52)47-28-16-30-49-50(47)46-27-12-13-29-48(46)54(49,43-22-8-4-9-23-43)44-24-10-5-11-25-44/h3-36H,1-2H3.